The fourth-order valence-corrected chi connectivity index (χ4v) is 5.01. The number of H-pyrrole nitrogens is 2. The van der Waals surface area contributed by atoms with Gasteiger partial charge < -0.3 is 4.98 Å². The van der Waals surface area contributed by atoms with Gasteiger partial charge in [0.05, 0.1) is 16.4 Å². The fraction of sp³-hybridized carbons (Fsp3) is 0.471. The maximum Gasteiger partial charge on any atom is 0.259 e. The summed E-state index contributed by atoms with van der Waals surface area (Å²) >= 11 is 8.16. The van der Waals surface area contributed by atoms with Crippen molar-refractivity contribution in [1.82, 2.24) is 24.7 Å². The zero-order valence-corrected chi connectivity index (χ0v) is 18.1. The van der Waals surface area contributed by atoms with Gasteiger partial charge in [0.1, 0.15) is 10.7 Å². The first-order valence-electron chi connectivity index (χ1n) is 8.93. The van der Waals surface area contributed by atoms with E-state index in [0.717, 1.165) is 28.1 Å². The van der Waals surface area contributed by atoms with Gasteiger partial charge in [-0.3, -0.25) is 19.5 Å². The number of thioether (sulfide) groups is 1. The number of rotatable bonds is 6. The quantitative estimate of drug-likeness (QED) is 0.511. The van der Waals surface area contributed by atoms with Crippen molar-refractivity contribution in [3.05, 3.63) is 31.4 Å². The molecule has 1 atom stereocenters. The molecule has 1 saturated carbocycles. The molecular weight excluding hydrogens is 416 g/mol. The highest BCUT2D eigenvalue weighted by Gasteiger charge is 2.28. The minimum atomic E-state index is -0.342. The SMILES string of the molecule is Cc1sc2nc(CS[C@@H](C)C(=O)Nc3n[nH]c(=S)n3C3CC3)[nH]c(=O)c2c1C. The molecule has 28 heavy (non-hydrogen) atoms. The number of hydrogen-bond donors (Lipinski definition) is 3. The van der Waals surface area contributed by atoms with E-state index in [0.29, 0.717) is 33.7 Å². The molecule has 3 N–H and O–H groups in total. The van der Waals surface area contributed by atoms with Crippen LogP contribution in [-0.2, 0) is 10.5 Å². The molecule has 0 radical (unpaired) electrons. The average molecular weight is 437 g/mol. The smallest absolute Gasteiger partial charge is 0.259 e. The number of fused-ring (bicyclic) bond motifs is 1. The molecular formula is C17H20N6O2S3. The van der Waals surface area contributed by atoms with Crippen molar-refractivity contribution in [2.45, 2.75) is 50.7 Å². The number of nitrogens with one attached hydrogen (secondary N) is 3. The molecule has 1 aliphatic rings. The Morgan fingerprint density at radius 2 is 2.21 bits per heavy atom. The van der Waals surface area contributed by atoms with Crippen LogP contribution >= 0.6 is 35.3 Å². The predicted molar refractivity (Wildman–Crippen MR) is 115 cm³/mol. The number of aryl methyl sites for hydroxylation is 2. The van der Waals surface area contributed by atoms with Crippen LogP contribution in [0.4, 0.5) is 5.95 Å². The molecule has 11 heteroatoms. The molecule has 3 heterocycles. The van der Waals surface area contributed by atoms with E-state index in [1.54, 1.807) is 0 Å². The summed E-state index contributed by atoms with van der Waals surface area (Å²) in [4.78, 5) is 34.1. The summed E-state index contributed by atoms with van der Waals surface area (Å²) in [5.41, 5.74) is 0.851. The maximum absolute atomic E-state index is 12.5. The Morgan fingerprint density at radius 1 is 1.46 bits per heavy atom. The standard InChI is InChI=1S/C17H20N6O2S3/c1-7-8(2)28-15-12(7)14(25)18-11(19-15)6-27-9(3)13(24)20-16-21-22-17(26)23(16)10-4-5-10/h9-10H,4-6H2,1-3H3,(H,22,26)(H,18,19,25)(H,20,21,24)/t9-/m0/s1. The molecule has 0 aliphatic heterocycles. The van der Waals surface area contributed by atoms with Gasteiger partial charge in [0.15, 0.2) is 4.77 Å². The Bertz CT molecular complexity index is 1170. The topological polar surface area (TPSA) is 108 Å². The van der Waals surface area contributed by atoms with Crippen molar-refractivity contribution < 1.29 is 4.79 Å². The molecule has 4 rings (SSSR count). The van der Waals surface area contributed by atoms with E-state index >= 15 is 0 Å². The van der Waals surface area contributed by atoms with Gasteiger partial charge in [0, 0.05) is 10.9 Å². The monoisotopic (exact) mass is 436 g/mol. The van der Waals surface area contributed by atoms with Gasteiger partial charge in [-0.2, -0.15) is 0 Å². The summed E-state index contributed by atoms with van der Waals surface area (Å²) in [6.45, 7) is 5.74. The number of thiophene rings is 1. The summed E-state index contributed by atoms with van der Waals surface area (Å²) in [7, 11) is 0. The lowest BCUT2D eigenvalue weighted by molar-refractivity contribution is -0.115. The third-order valence-electron chi connectivity index (χ3n) is 4.78. The van der Waals surface area contributed by atoms with Crippen LogP contribution in [0.5, 0.6) is 0 Å². The fourth-order valence-electron chi connectivity index (χ4n) is 2.92. The second-order valence-corrected chi connectivity index (χ2v) is 9.79. The third kappa shape index (κ3) is 3.65. The lowest BCUT2D eigenvalue weighted by Crippen LogP contribution is -2.25. The normalized spacial score (nSPS) is 15.1. The molecule has 1 amide bonds. The second kappa shape index (κ2) is 7.45. The first kappa shape index (κ1) is 19.3. The van der Waals surface area contributed by atoms with Crippen molar-refractivity contribution in [2.75, 3.05) is 5.32 Å². The first-order valence-corrected chi connectivity index (χ1v) is 11.2. The van der Waals surface area contributed by atoms with Crippen LogP contribution in [0, 0.1) is 18.6 Å². The molecule has 8 nitrogen and oxygen atoms in total. The van der Waals surface area contributed by atoms with Crippen LogP contribution in [0.1, 0.15) is 42.1 Å². The van der Waals surface area contributed by atoms with Crippen LogP contribution < -0.4 is 10.9 Å². The number of amides is 1. The van der Waals surface area contributed by atoms with E-state index < -0.39 is 0 Å². The zero-order chi connectivity index (χ0) is 20.0. The molecule has 3 aromatic heterocycles. The van der Waals surface area contributed by atoms with Crippen molar-refractivity contribution in [2.24, 2.45) is 0 Å². The second-order valence-electron chi connectivity index (χ2n) is 6.87. The largest absolute Gasteiger partial charge is 0.309 e. The number of carbonyl (C=O) groups is 1. The van der Waals surface area contributed by atoms with E-state index in [1.807, 2.05) is 25.3 Å². The Hall–Kier alpha value is -1.98. The number of hydrogen-bond acceptors (Lipinski definition) is 7. The molecule has 1 aliphatic carbocycles. The lowest BCUT2D eigenvalue weighted by atomic mass is 10.2. The van der Waals surface area contributed by atoms with E-state index in [-0.39, 0.29) is 16.7 Å². The van der Waals surface area contributed by atoms with Crippen molar-refractivity contribution in [1.29, 1.82) is 0 Å². The predicted octanol–water partition coefficient (Wildman–Crippen LogP) is 3.45. The van der Waals surface area contributed by atoms with E-state index in [4.69, 9.17) is 12.2 Å². The van der Waals surface area contributed by atoms with Gasteiger partial charge in [0.2, 0.25) is 11.9 Å². The van der Waals surface area contributed by atoms with Crippen molar-refractivity contribution in [3.8, 4) is 0 Å². The number of nitrogens with zero attached hydrogens (tertiary/aromatic N) is 3. The van der Waals surface area contributed by atoms with Gasteiger partial charge >= 0.3 is 0 Å². The molecule has 0 unspecified atom stereocenters. The molecule has 0 spiro atoms. The van der Waals surface area contributed by atoms with Crippen LogP contribution in [0.15, 0.2) is 4.79 Å². The maximum atomic E-state index is 12.5. The number of carbonyl (C=O) groups excluding carboxylic acids is 1. The minimum Gasteiger partial charge on any atom is -0.309 e. The number of anilines is 1. The summed E-state index contributed by atoms with van der Waals surface area (Å²) in [6, 6.07) is 0.322. The first-order chi connectivity index (χ1) is 13.3. The molecule has 1 fully saturated rings. The summed E-state index contributed by atoms with van der Waals surface area (Å²) < 4.78 is 2.38. The Balaban J connectivity index is 1.43. The third-order valence-corrected chi connectivity index (χ3v) is 7.32. The lowest BCUT2D eigenvalue weighted by Gasteiger charge is -2.12. The van der Waals surface area contributed by atoms with E-state index in [2.05, 4.69) is 25.5 Å². The Kier molecular flexibility index (Phi) is 5.15. The van der Waals surface area contributed by atoms with E-state index in [1.165, 1.54) is 23.1 Å². The molecule has 0 bridgehead atoms. The summed E-state index contributed by atoms with van der Waals surface area (Å²) in [5, 5.41) is 10.0. The van der Waals surface area contributed by atoms with Gasteiger partial charge in [0.25, 0.3) is 5.56 Å². The van der Waals surface area contributed by atoms with Gasteiger partial charge in [-0.15, -0.1) is 28.2 Å². The van der Waals surface area contributed by atoms with Crippen LogP contribution in [-0.4, -0.2) is 35.9 Å². The zero-order valence-electron chi connectivity index (χ0n) is 15.7. The van der Waals surface area contributed by atoms with E-state index in [9.17, 15) is 9.59 Å². The van der Waals surface area contributed by atoms with Crippen molar-refractivity contribution >= 4 is 57.4 Å². The van der Waals surface area contributed by atoms with Crippen LogP contribution in [0.3, 0.4) is 0 Å². The highest BCUT2D eigenvalue weighted by atomic mass is 32.2. The number of aromatic nitrogens is 5. The Labute approximate surface area is 174 Å². The summed E-state index contributed by atoms with van der Waals surface area (Å²) in [5.74, 6) is 1.31. The molecule has 148 valence electrons. The van der Waals surface area contributed by atoms with Gasteiger partial charge in [-0.05, 0) is 51.4 Å². The van der Waals surface area contributed by atoms with Crippen LogP contribution in [0.25, 0.3) is 10.2 Å². The highest BCUT2D eigenvalue weighted by Crippen LogP contribution is 2.37. The summed E-state index contributed by atoms with van der Waals surface area (Å²) in [6.07, 6.45) is 2.09. The molecule has 0 saturated heterocycles. The van der Waals surface area contributed by atoms with Gasteiger partial charge in [-0.1, -0.05) is 0 Å². The minimum absolute atomic E-state index is 0.125. The van der Waals surface area contributed by atoms with Crippen LogP contribution in [0.2, 0.25) is 0 Å². The van der Waals surface area contributed by atoms with Gasteiger partial charge in [-0.25, -0.2) is 10.1 Å². The highest BCUT2D eigenvalue weighted by molar-refractivity contribution is 7.99. The number of aromatic amines is 2. The molecule has 0 aromatic carbocycles. The molecule has 3 aromatic rings. The van der Waals surface area contributed by atoms with Crippen molar-refractivity contribution in [3.63, 3.8) is 0 Å². The average Bonchev–Trinajstić information content (AvgIpc) is 3.35. The Morgan fingerprint density at radius 3 is 2.93 bits per heavy atom.